The Labute approximate surface area is 218 Å². The van der Waals surface area contributed by atoms with Gasteiger partial charge in [0.2, 0.25) is 0 Å². The Balaban J connectivity index is 0.00000562. The van der Waals surface area contributed by atoms with Crippen LogP contribution in [0, 0.1) is 11.3 Å². The standard InChI is InChI=1S/C31H50N2.C2H4/c1-7-8-13-16-26(4)30-21-20-29(23-30)18-15-12-10-9-11-14-17-28(6)33-31(27(5)24-32)22-19-25(2)3;1-2/h18,31,33H,2,5-17,19-23H2,1,3-4H3;1-2H2/b29-18-,30-26-;. The molecule has 1 fully saturated rings. The molecule has 1 rings (SSSR count). The van der Waals surface area contributed by atoms with Crippen molar-refractivity contribution < 1.29 is 0 Å². The van der Waals surface area contributed by atoms with E-state index in [0.717, 1.165) is 37.0 Å². The topological polar surface area (TPSA) is 35.8 Å². The number of unbranched alkanes of at least 4 members (excludes halogenated alkanes) is 7. The van der Waals surface area contributed by atoms with E-state index >= 15 is 0 Å². The summed E-state index contributed by atoms with van der Waals surface area (Å²) >= 11 is 0. The molecule has 0 aromatic carbocycles. The van der Waals surface area contributed by atoms with Gasteiger partial charge < -0.3 is 5.32 Å². The number of nitriles is 1. The van der Waals surface area contributed by atoms with Crippen LogP contribution in [-0.4, -0.2) is 6.04 Å². The van der Waals surface area contributed by atoms with Crippen LogP contribution in [0.25, 0.3) is 0 Å². The van der Waals surface area contributed by atoms with Gasteiger partial charge in [-0.2, -0.15) is 5.26 Å². The van der Waals surface area contributed by atoms with Gasteiger partial charge in [-0.3, -0.25) is 0 Å². The number of hydrogen-bond donors (Lipinski definition) is 1. The van der Waals surface area contributed by atoms with Gasteiger partial charge in [0.05, 0.1) is 12.1 Å². The summed E-state index contributed by atoms with van der Waals surface area (Å²) in [4.78, 5) is 0. The fraction of sp³-hybridized carbons (Fsp3) is 0.606. The van der Waals surface area contributed by atoms with E-state index in [1.54, 1.807) is 16.7 Å². The van der Waals surface area contributed by atoms with Crippen molar-refractivity contribution in [2.75, 3.05) is 0 Å². The zero-order chi connectivity index (χ0) is 26.5. The predicted octanol–water partition coefficient (Wildman–Crippen LogP) is 10.4. The van der Waals surface area contributed by atoms with Gasteiger partial charge in [-0.1, -0.05) is 80.6 Å². The van der Waals surface area contributed by atoms with Crippen molar-refractivity contribution in [3.63, 3.8) is 0 Å². The minimum absolute atomic E-state index is 0.0155. The van der Waals surface area contributed by atoms with Crippen LogP contribution in [0.3, 0.4) is 0 Å². The molecule has 0 saturated heterocycles. The van der Waals surface area contributed by atoms with Gasteiger partial charge in [0.15, 0.2) is 0 Å². The third-order valence-electron chi connectivity index (χ3n) is 6.87. The third kappa shape index (κ3) is 16.1. The van der Waals surface area contributed by atoms with E-state index in [9.17, 15) is 5.26 Å². The summed E-state index contributed by atoms with van der Waals surface area (Å²) in [5.74, 6) is 0. The van der Waals surface area contributed by atoms with Gasteiger partial charge in [0.1, 0.15) is 0 Å². The number of hydrogen-bond acceptors (Lipinski definition) is 2. The zero-order valence-electron chi connectivity index (χ0n) is 23.5. The summed E-state index contributed by atoms with van der Waals surface area (Å²) in [5, 5.41) is 12.6. The van der Waals surface area contributed by atoms with E-state index < -0.39 is 0 Å². The summed E-state index contributed by atoms with van der Waals surface area (Å²) < 4.78 is 0. The van der Waals surface area contributed by atoms with Crippen LogP contribution in [-0.2, 0) is 0 Å². The second-order valence-electron chi connectivity index (χ2n) is 10.1. The first-order valence-corrected chi connectivity index (χ1v) is 13.9. The van der Waals surface area contributed by atoms with Crippen LogP contribution < -0.4 is 5.32 Å². The second-order valence-corrected chi connectivity index (χ2v) is 10.1. The fourth-order valence-corrected chi connectivity index (χ4v) is 4.56. The molecule has 1 saturated carbocycles. The molecule has 1 aliphatic carbocycles. The average molecular weight is 479 g/mol. The Morgan fingerprint density at radius 2 is 1.60 bits per heavy atom. The van der Waals surface area contributed by atoms with E-state index in [-0.39, 0.29) is 6.04 Å². The van der Waals surface area contributed by atoms with Crippen molar-refractivity contribution in [2.45, 2.75) is 130 Å². The van der Waals surface area contributed by atoms with E-state index in [0.29, 0.717) is 5.57 Å². The number of rotatable bonds is 18. The van der Waals surface area contributed by atoms with Crippen molar-refractivity contribution in [1.82, 2.24) is 5.32 Å². The molecule has 0 radical (unpaired) electrons. The molecule has 1 aliphatic rings. The molecule has 0 aromatic heterocycles. The van der Waals surface area contributed by atoms with Gasteiger partial charge in [-0.25, -0.2) is 0 Å². The molecule has 196 valence electrons. The van der Waals surface area contributed by atoms with Gasteiger partial charge in [0, 0.05) is 11.3 Å². The molecule has 0 aliphatic heterocycles. The van der Waals surface area contributed by atoms with Gasteiger partial charge in [0.25, 0.3) is 0 Å². The molecule has 2 heteroatoms. The summed E-state index contributed by atoms with van der Waals surface area (Å²) in [6.45, 7) is 24.7. The molecule has 2 nitrogen and oxygen atoms in total. The van der Waals surface area contributed by atoms with E-state index in [2.05, 4.69) is 64.2 Å². The molecule has 1 atom stereocenters. The maximum atomic E-state index is 9.20. The normalized spacial score (nSPS) is 16.1. The lowest BCUT2D eigenvalue weighted by atomic mass is 10.0. The average Bonchev–Trinajstić information content (AvgIpc) is 3.33. The predicted molar refractivity (Wildman–Crippen MR) is 157 cm³/mol. The lowest BCUT2D eigenvalue weighted by Gasteiger charge is -2.20. The number of allylic oxidation sites excluding steroid dienone is 6. The van der Waals surface area contributed by atoms with E-state index in [1.807, 2.05) is 6.92 Å². The molecule has 0 aromatic rings. The summed E-state index contributed by atoms with van der Waals surface area (Å²) in [5.41, 5.74) is 7.83. The number of nitrogens with one attached hydrogen (secondary N) is 1. The summed E-state index contributed by atoms with van der Waals surface area (Å²) in [7, 11) is 0. The van der Waals surface area contributed by atoms with Crippen molar-refractivity contribution in [3.05, 3.63) is 72.5 Å². The largest absolute Gasteiger partial charge is 0.381 e. The first-order chi connectivity index (χ1) is 16.9. The Morgan fingerprint density at radius 3 is 2.26 bits per heavy atom. The molecular weight excluding hydrogens is 424 g/mol. The van der Waals surface area contributed by atoms with Gasteiger partial charge in [-0.05, 0) is 84.5 Å². The summed E-state index contributed by atoms with van der Waals surface area (Å²) in [6.07, 6.45) is 22.0. The van der Waals surface area contributed by atoms with Crippen LogP contribution in [0.2, 0.25) is 0 Å². The lowest BCUT2D eigenvalue weighted by molar-refractivity contribution is 0.561. The van der Waals surface area contributed by atoms with Crippen LogP contribution >= 0.6 is 0 Å². The highest BCUT2D eigenvalue weighted by Crippen LogP contribution is 2.33. The molecule has 0 spiro atoms. The van der Waals surface area contributed by atoms with Gasteiger partial charge >= 0.3 is 0 Å². The maximum absolute atomic E-state index is 9.20. The SMILES string of the molecule is C=C.C=C(C)CCC(NC(=C)CCCCCCC/C=C1/CC/C(=C(\C)CCCCC)C1)C(=C)C#N. The highest BCUT2D eigenvalue weighted by molar-refractivity contribution is 5.27. The smallest absolute Gasteiger partial charge is 0.0962 e. The fourth-order valence-electron chi connectivity index (χ4n) is 4.56. The Hall–Kier alpha value is -2.27. The summed E-state index contributed by atoms with van der Waals surface area (Å²) in [6, 6.07) is 2.18. The zero-order valence-corrected chi connectivity index (χ0v) is 23.5. The first-order valence-electron chi connectivity index (χ1n) is 13.9. The maximum Gasteiger partial charge on any atom is 0.0962 e. The van der Waals surface area contributed by atoms with Crippen molar-refractivity contribution >= 4 is 0 Å². The number of nitrogens with zero attached hydrogens (tertiary/aromatic N) is 1. The van der Waals surface area contributed by atoms with Crippen LogP contribution in [0.1, 0.15) is 124 Å². The van der Waals surface area contributed by atoms with E-state index in [4.69, 9.17) is 0 Å². The van der Waals surface area contributed by atoms with E-state index in [1.165, 1.54) is 77.0 Å². The highest BCUT2D eigenvalue weighted by Gasteiger charge is 2.14. The molecule has 1 unspecified atom stereocenters. The Kier molecular flexibility index (Phi) is 19.7. The molecule has 0 amide bonds. The van der Waals surface area contributed by atoms with Crippen LogP contribution in [0.4, 0.5) is 0 Å². The molecule has 0 bridgehead atoms. The Morgan fingerprint density at radius 1 is 0.943 bits per heavy atom. The van der Waals surface area contributed by atoms with Gasteiger partial charge in [-0.15, -0.1) is 19.7 Å². The molecule has 0 heterocycles. The molecule has 35 heavy (non-hydrogen) atoms. The highest BCUT2D eigenvalue weighted by atomic mass is 14.9. The van der Waals surface area contributed by atoms with Crippen LogP contribution in [0.5, 0.6) is 0 Å². The third-order valence-corrected chi connectivity index (χ3v) is 6.87. The van der Waals surface area contributed by atoms with Crippen molar-refractivity contribution in [2.24, 2.45) is 0 Å². The first kappa shape index (κ1) is 32.7. The monoisotopic (exact) mass is 478 g/mol. The van der Waals surface area contributed by atoms with Crippen molar-refractivity contribution in [3.8, 4) is 6.07 Å². The second kappa shape index (κ2) is 21.0. The lowest BCUT2D eigenvalue weighted by Crippen LogP contribution is -2.29. The molecule has 1 N–H and O–H groups in total. The Bertz CT molecular complexity index is 744. The van der Waals surface area contributed by atoms with Crippen LogP contribution in [0.15, 0.2) is 72.5 Å². The van der Waals surface area contributed by atoms with Crippen molar-refractivity contribution in [1.29, 1.82) is 5.26 Å². The minimum Gasteiger partial charge on any atom is -0.381 e. The quantitative estimate of drug-likeness (QED) is 0.121. The molecular formula is C33H54N2. The minimum atomic E-state index is -0.0155.